The number of amides is 1. The van der Waals surface area contributed by atoms with Crippen LogP contribution in [-0.4, -0.2) is 32.5 Å². The molecule has 0 aliphatic carbocycles. The predicted octanol–water partition coefficient (Wildman–Crippen LogP) is 4.10. The van der Waals surface area contributed by atoms with Crippen LogP contribution in [0.1, 0.15) is 18.9 Å². The zero-order valence-corrected chi connectivity index (χ0v) is 17.4. The number of nitrogens with one attached hydrogen (secondary N) is 1. The second kappa shape index (κ2) is 8.34. The van der Waals surface area contributed by atoms with Crippen molar-refractivity contribution in [3.63, 3.8) is 0 Å². The molecule has 2 heterocycles. The fourth-order valence-corrected chi connectivity index (χ4v) is 3.89. The van der Waals surface area contributed by atoms with Gasteiger partial charge in [-0.3, -0.25) is 4.79 Å². The van der Waals surface area contributed by atoms with Crippen molar-refractivity contribution in [2.45, 2.75) is 23.4 Å². The molecule has 0 fully saturated rings. The summed E-state index contributed by atoms with van der Waals surface area (Å²) in [4.78, 5) is 12.5. The number of thioether (sulfide) groups is 1. The summed E-state index contributed by atoms with van der Waals surface area (Å²) < 4.78 is 13.6. The Labute approximate surface area is 177 Å². The molecular weight excluding hydrogens is 412 g/mol. The Balaban J connectivity index is 1.43. The Morgan fingerprint density at radius 1 is 1.24 bits per heavy atom. The monoisotopic (exact) mass is 430 g/mol. The zero-order valence-electron chi connectivity index (χ0n) is 15.8. The fraction of sp³-hybridized carbons (Fsp3) is 0.250. The molecule has 4 rings (SSSR count). The topological polar surface area (TPSA) is 78.3 Å². The number of benzene rings is 2. The summed E-state index contributed by atoms with van der Waals surface area (Å²) in [5.74, 6) is 1.89. The molecule has 0 bridgehead atoms. The lowest BCUT2D eigenvalue weighted by Crippen LogP contribution is -2.25. The van der Waals surface area contributed by atoms with Crippen LogP contribution in [0.5, 0.6) is 11.5 Å². The first-order chi connectivity index (χ1) is 14.0. The van der Waals surface area contributed by atoms with Crippen molar-refractivity contribution in [3.8, 4) is 11.5 Å². The summed E-state index contributed by atoms with van der Waals surface area (Å²) in [6.07, 6.45) is -0.368. The second-order valence-corrected chi connectivity index (χ2v) is 8.27. The number of rotatable bonds is 5. The van der Waals surface area contributed by atoms with Gasteiger partial charge in [-0.25, -0.2) is 0 Å². The van der Waals surface area contributed by atoms with E-state index in [-0.39, 0.29) is 17.3 Å². The number of para-hydroxylation sites is 2. The molecule has 150 valence electrons. The number of carbonyl (C=O) groups excluding carboxylic acids is 1. The minimum Gasteiger partial charge on any atom is -0.485 e. The standard InChI is InChI=1S/C20H19ClN4O3S/c1-12(19(26)22-14-7-5-6-13(21)10-14)29-20-24-23-18(25(20)2)17-11-27-15-8-3-4-9-16(15)28-17/h3-10,12,17H,11H2,1-2H3,(H,22,26)/t12-,17-/m0/s1. The number of aromatic nitrogens is 3. The van der Waals surface area contributed by atoms with Gasteiger partial charge in [0.1, 0.15) is 6.61 Å². The number of hydrogen-bond donors (Lipinski definition) is 1. The Morgan fingerprint density at radius 3 is 2.83 bits per heavy atom. The molecule has 2 atom stereocenters. The maximum Gasteiger partial charge on any atom is 0.237 e. The van der Waals surface area contributed by atoms with Gasteiger partial charge in [0.2, 0.25) is 5.91 Å². The van der Waals surface area contributed by atoms with Crippen LogP contribution in [0, 0.1) is 0 Å². The van der Waals surface area contributed by atoms with Crippen LogP contribution in [0.3, 0.4) is 0 Å². The lowest BCUT2D eigenvalue weighted by atomic mass is 10.2. The number of anilines is 1. The summed E-state index contributed by atoms with van der Waals surface area (Å²) in [5, 5.41) is 12.2. The van der Waals surface area contributed by atoms with Crippen LogP contribution < -0.4 is 14.8 Å². The highest BCUT2D eigenvalue weighted by Gasteiger charge is 2.28. The van der Waals surface area contributed by atoms with Gasteiger partial charge in [0, 0.05) is 17.8 Å². The van der Waals surface area contributed by atoms with Crippen molar-refractivity contribution in [2.75, 3.05) is 11.9 Å². The molecule has 7 nitrogen and oxygen atoms in total. The van der Waals surface area contributed by atoms with E-state index in [4.69, 9.17) is 21.1 Å². The molecule has 0 saturated heterocycles. The molecule has 0 saturated carbocycles. The van der Waals surface area contributed by atoms with E-state index in [0.29, 0.717) is 39.8 Å². The number of ether oxygens (including phenoxy) is 2. The van der Waals surface area contributed by atoms with Gasteiger partial charge in [0.25, 0.3) is 0 Å². The highest BCUT2D eigenvalue weighted by atomic mass is 35.5. The minimum absolute atomic E-state index is 0.145. The SMILES string of the molecule is C[C@H](Sc1nnc([C@@H]2COc3ccccc3O2)n1C)C(=O)Nc1cccc(Cl)c1. The first kappa shape index (κ1) is 19.6. The third kappa shape index (κ3) is 4.33. The molecule has 0 spiro atoms. The van der Waals surface area contributed by atoms with Gasteiger partial charge < -0.3 is 19.4 Å². The molecule has 3 aromatic rings. The lowest BCUT2D eigenvalue weighted by Gasteiger charge is -2.25. The van der Waals surface area contributed by atoms with Crippen LogP contribution in [0.4, 0.5) is 5.69 Å². The Kier molecular flexibility index (Phi) is 5.64. The molecule has 0 radical (unpaired) electrons. The van der Waals surface area contributed by atoms with Crippen molar-refractivity contribution in [1.29, 1.82) is 0 Å². The van der Waals surface area contributed by atoms with Gasteiger partial charge in [-0.1, -0.05) is 41.6 Å². The smallest absolute Gasteiger partial charge is 0.237 e. The lowest BCUT2D eigenvalue weighted by molar-refractivity contribution is -0.115. The fourth-order valence-electron chi connectivity index (χ4n) is 2.88. The molecular formula is C20H19ClN4O3S. The van der Waals surface area contributed by atoms with Crippen molar-refractivity contribution in [1.82, 2.24) is 14.8 Å². The van der Waals surface area contributed by atoms with Crippen molar-refractivity contribution in [3.05, 3.63) is 59.4 Å². The van der Waals surface area contributed by atoms with Gasteiger partial charge in [0.15, 0.2) is 28.6 Å². The van der Waals surface area contributed by atoms with E-state index in [1.807, 2.05) is 42.8 Å². The predicted molar refractivity (Wildman–Crippen MR) is 112 cm³/mol. The van der Waals surface area contributed by atoms with Gasteiger partial charge in [-0.2, -0.15) is 0 Å². The third-order valence-electron chi connectivity index (χ3n) is 4.41. The van der Waals surface area contributed by atoms with E-state index in [1.165, 1.54) is 11.8 Å². The summed E-state index contributed by atoms with van der Waals surface area (Å²) in [6.45, 7) is 2.16. The molecule has 1 amide bonds. The van der Waals surface area contributed by atoms with E-state index in [0.717, 1.165) is 0 Å². The number of nitrogens with zero attached hydrogens (tertiary/aromatic N) is 3. The number of halogens is 1. The van der Waals surface area contributed by atoms with Crippen LogP contribution in [0.15, 0.2) is 53.7 Å². The van der Waals surface area contributed by atoms with Gasteiger partial charge >= 0.3 is 0 Å². The molecule has 2 aromatic carbocycles. The average Bonchev–Trinajstić information content (AvgIpc) is 3.08. The molecule has 1 aromatic heterocycles. The van der Waals surface area contributed by atoms with Gasteiger partial charge in [0.05, 0.1) is 5.25 Å². The highest BCUT2D eigenvalue weighted by molar-refractivity contribution is 8.00. The maximum atomic E-state index is 12.5. The van der Waals surface area contributed by atoms with E-state index in [1.54, 1.807) is 24.3 Å². The summed E-state index contributed by atoms with van der Waals surface area (Å²) in [5.41, 5.74) is 0.653. The quantitative estimate of drug-likeness (QED) is 0.614. The van der Waals surface area contributed by atoms with Crippen LogP contribution >= 0.6 is 23.4 Å². The van der Waals surface area contributed by atoms with E-state index >= 15 is 0 Å². The Bertz CT molecular complexity index is 1040. The number of carbonyl (C=O) groups is 1. The molecule has 1 aliphatic heterocycles. The molecule has 9 heteroatoms. The summed E-state index contributed by atoms with van der Waals surface area (Å²) in [7, 11) is 1.85. The largest absolute Gasteiger partial charge is 0.485 e. The second-order valence-electron chi connectivity index (χ2n) is 6.52. The summed E-state index contributed by atoms with van der Waals surface area (Å²) in [6, 6.07) is 14.5. The Hall–Kier alpha value is -2.71. The van der Waals surface area contributed by atoms with Crippen molar-refractivity contribution >= 4 is 35.0 Å². The van der Waals surface area contributed by atoms with Crippen molar-refractivity contribution < 1.29 is 14.3 Å². The first-order valence-corrected chi connectivity index (χ1v) is 10.3. The van der Waals surface area contributed by atoms with Crippen molar-refractivity contribution in [2.24, 2.45) is 7.05 Å². The normalized spacial score (nSPS) is 16.3. The number of hydrogen-bond acceptors (Lipinski definition) is 6. The molecule has 1 aliphatic rings. The molecule has 0 unspecified atom stereocenters. The highest BCUT2D eigenvalue weighted by Crippen LogP contribution is 2.36. The van der Waals surface area contributed by atoms with Gasteiger partial charge in [-0.15, -0.1) is 10.2 Å². The zero-order chi connectivity index (χ0) is 20.4. The first-order valence-electron chi connectivity index (χ1n) is 9.02. The van der Waals surface area contributed by atoms with Crippen LogP contribution in [-0.2, 0) is 11.8 Å². The van der Waals surface area contributed by atoms with Crippen LogP contribution in [0.25, 0.3) is 0 Å². The minimum atomic E-state index is -0.381. The van der Waals surface area contributed by atoms with E-state index < -0.39 is 0 Å². The number of fused-ring (bicyclic) bond motifs is 1. The van der Waals surface area contributed by atoms with E-state index in [2.05, 4.69) is 15.5 Å². The molecule has 1 N–H and O–H groups in total. The van der Waals surface area contributed by atoms with E-state index in [9.17, 15) is 4.79 Å². The average molecular weight is 431 g/mol. The molecule has 29 heavy (non-hydrogen) atoms. The van der Waals surface area contributed by atoms with Gasteiger partial charge in [-0.05, 0) is 37.3 Å². The third-order valence-corrected chi connectivity index (χ3v) is 5.78. The summed E-state index contributed by atoms with van der Waals surface area (Å²) >= 11 is 7.29. The Morgan fingerprint density at radius 2 is 2.03 bits per heavy atom. The van der Waals surface area contributed by atoms with Crippen LogP contribution in [0.2, 0.25) is 5.02 Å². The maximum absolute atomic E-state index is 12.5.